The van der Waals surface area contributed by atoms with Crippen molar-refractivity contribution in [3.8, 4) is 0 Å². The molecule has 0 radical (unpaired) electrons. The van der Waals surface area contributed by atoms with Gasteiger partial charge in [0.05, 0.1) is 5.92 Å². The third-order valence-corrected chi connectivity index (χ3v) is 5.90. The smallest absolute Gasteiger partial charge is 0.309 e. The van der Waals surface area contributed by atoms with E-state index in [9.17, 15) is 4.79 Å². The van der Waals surface area contributed by atoms with Crippen LogP contribution in [0.3, 0.4) is 0 Å². The van der Waals surface area contributed by atoms with E-state index < -0.39 is 23.8 Å². The molecule has 5 nitrogen and oxygen atoms in total. The average molecular weight is 437 g/mol. The Morgan fingerprint density at radius 1 is 1.03 bits per heavy atom. The van der Waals surface area contributed by atoms with Gasteiger partial charge in [-0.2, -0.15) is 4.89 Å². The van der Waals surface area contributed by atoms with Crippen molar-refractivity contribution in [3.05, 3.63) is 36.5 Å². The molecular formula is C26H44O5. The van der Waals surface area contributed by atoms with Crippen molar-refractivity contribution < 1.29 is 24.4 Å². The monoisotopic (exact) mass is 436 g/mol. The Balaban J connectivity index is 2.00. The number of hydrogen-bond donors (Lipinski definition) is 1. The third-order valence-electron chi connectivity index (χ3n) is 5.90. The Labute approximate surface area is 189 Å². The van der Waals surface area contributed by atoms with Gasteiger partial charge in [-0.15, -0.1) is 0 Å². The summed E-state index contributed by atoms with van der Waals surface area (Å²) in [6, 6.07) is 0. The Morgan fingerprint density at radius 3 is 2.10 bits per heavy atom. The van der Waals surface area contributed by atoms with Crippen LogP contribution in [-0.4, -0.2) is 30.1 Å². The number of carboxylic acids is 1. The second kappa shape index (κ2) is 17.2. The highest BCUT2D eigenvalue weighted by Crippen LogP contribution is 2.29. The van der Waals surface area contributed by atoms with E-state index >= 15 is 0 Å². The molecule has 3 unspecified atom stereocenters. The van der Waals surface area contributed by atoms with Gasteiger partial charge in [0, 0.05) is 13.5 Å². The average Bonchev–Trinajstić information content (AvgIpc) is 2.78. The summed E-state index contributed by atoms with van der Waals surface area (Å²) < 4.78 is 5.50. The standard InChI is InChI=1S/C26H44O5/c1-4-5-6-7-8-9-10-11-12-13-14-15-16-17-18-19-21-26(29-3)22-20-24(30-31-26)23(2)25(27)28/h4-7,20,22-24H,8-19,21H2,1-3H3,(H,27,28). The number of allylic oxidation sites excluding steroid dienone is 4. The van der Waals surface area contributed by atoms with Crippen molar-refractivity contribution in [2.24, 2.45) is 5.92 Å². The van der Waals surface area contributed by atoms with Gasteiger partial charge in [-0.05, 0) is 39.2 Å². The van der Waals surface area contributed by atoms with Crippen LogP contribution in [0.25, 0.3) is 0 Å². The summed E-state index contributed by atoms with van der Waals surface area (Å²) in [6.07, 6.45) is 27.4. The Morgan fingerprint density at radius 2 is 1.61 bits per heavy atom. The van der Waals surface area contributed by atoms with Gasteiger partial charge >= 0.3 is 5.97 Å². The fraction of sp³-hybridized carbons (Fsp3) is 0.731. The highest BCUT2D eigenvalue weighted by molar-refractivity contribution is 5.70. The lowest BCUT2D eigenvalue weighted by Gasteiger charge is -2.34. The summed E-state index contributed by atoms with van der Waals surface area (Å²) in [4.78, 5) is 21.8. The minimum atomic E-state index is -0.906. The van der Waals surface area contributed by atoms with E-state index in [4.69, 9.17) is 19.6 Å². The fourth-order valence-corrected chi connectivity index (χ4v) is 3.67. The Bertz CT molecular complexity index is 554. The Hall–Kier alpha value is -1.43. The zero-order valence-corrected chi connectivity index (χ0v) is 19.9. The third kappa shape index (κ3) is 12.3. The zero-order valence-electron chi connectivity index (χ0n) is 19.9. The predicted octanol–water partition coefficient (Wildman–Crippen LogP) is 7.14. The largest absolute Gasteiger partial charge is 0.481 e. The molecule has 0 aromatic heterocycles. The van der Waals surface area contributed by atoms with Gasteiger partial charge in [-0.1, -0.05) is 88.2 Å². The van der Waals surface area contributed by atoms with Gasteiger partial charge in [0.25, 0.3) is 0 Å². The van der Waals surface area contributed by atoms with Crippen LogP contribution in [0.1, 0.15) is 97.3 Å². The normalized spacial score (nSPS) is 22.5. The first-order chi connectivity index (χ1) is 15.0. The number of unbranched alkanes of at least 4 members (excludes halogenated alkanes) is 11. The van der Waals surface area contributed by atoms with Crippen LogP contribution in [0, 0.1) is 5.92 Å². The molecule has 1 aliphatic heterocycles. The molecule has 5 heteroatoms. The molecule has 1 rings (SSSR count). The van der Waals surface area contributed by atoms with E-state index in [0.29, 0.717) is 6.42 Å². The maximum Gasteiger partial charge on any atom is 0.309 e. The Kier molecular flexibility index (Phi) is 15.3. The first kappa shape index (κ1) is 27.6. The van der Waals surface area contributed by atoms with Crippen LogP contribution >= 0.6 is 0 Å². The number of ether oxygens (including phenoxy) is 1. The molecule has 0 aromatic rings. The van der Waals surface area contributed by atoms with Crippen molar-refractivity contribution in [2.45, 2.75) is 109 Å². The summed E-state index contributed by atoms with van der Waals surface area (Å²) in [5.74, 6) is -2.45. The summed E-state index contributed by atoms with van der Waals surface area (Å²) in [5.41, 5.74) is 0. The zero-order chi connectivity index (χ0) is 22.8. The van der Waals surface area contributed by atoms with Gasteiger partial charge < -0.3 is 9.84 Å². The van der Waals surface area contributed by atoms with Crippen LogP contribution in [0.4, 0.5) is 0 Å². The van der Waals surface area contributed by atoms with Crippen molar-refractivity contribution >= 4 is 5.97 Å². The molecule has 0 aliphatic carbocycles. The van der Waals surface area contributed by atoms with Crippen LogP contribution in [0.2, 0.25) is 0 Å². The number of methoxy groups -OCH3 is 1. The molecule has 1 aliphatic rings. The van der Waals surface area contributed by atoms with Crippen LogP contribution in [0.15, 0.2) is 36.5 Å². The number of aliphatic carboxylic acids is 1. The van der Waals surface area contributed by atoms with Gasteiger partial charge in [0.2, 0.25) is 5.79 Å². The van der Waals surface area contributed by atoms with E-state index in [1.54, 1.807) is 26.2 Å². The van der Waals surface area contributed by atoms with E-state index in [-0.39, 0.29) is 0 Å². The quantitative estimate of drug-likeness (QED) is 0.107. The molecule has 31 heavy (non-hydrogen) atoms. The van der Waals surface area contributed by atoms with Gasteiger partial charge in [0.15, 0.2) is 0 Å². The van der Waals surface area contributed by atoms with Crippen molar-refractivity contribution in [1.29, 1.82) is 0 Å². The van der Waals surface area contributed by atoms with E-state index in [1.165, 1.54) is 64.2 Å². The van der Waals surface area contributed by atoms with Crippen molar-refractivity contribution in [3.63, 3.8) is 0 Å². The van der Waals surface area contributed by atoms with E-state index in [1.807, 2.05) is 6.92 Å². The molecule has 0 aromatic carbocycles. The number of carboxylic acid groups (broad SMARTS) is 1. The molecule has 3 atom stereocenters. The summed E-state index contributed by atoms with van der Waals surface area (Å²) in [6.45, 7) is 3.65. The molecule has 0 amide bonds. The topological polar surface area (TPSA) is 65.0 Å². The summed E-state index contributed by atoms with van der Waals surface area (Å²) >= 11 is 0. The molecular weight excluding hydrogens is 392 g/mol. The van der Waals surface area contributed by atoms with E-state index in [0.717, 1.165) is 12.8 Å². The molecule has 0 fully saturated rings. The van der Waals surface area contributed by atoms with Crippen LogP contribution in [0.5, 0.6) is 0 Å². The molecule has 1 heterocycles. The molecule has 1 N–H and O–H groups in total. The van der Waals surface area contributed by atoms with E-state index in [2.05, 4.69) is 24.3 Å². The minimum absolute atomic E-state index is 0.583. The van der Waals surface area contributed by atoms with Crippen LogP contribution < -0.4 is 0 Å². The maximum atomic E-state index is 11.1. The maximum absolute atomic E-state index is 11.1. The van der Waals surface area contributed by atoms with Crippen molar-refractivity contribution in [1.82, 2.24) is 0 Å². The van der Waals surface area contributed by atoms with Crippen molar-refractivity contribution in [2.75, 3.05) is 7.11 Å². The summed E-state index contributed by atoms with van der Waals surface area (Å²) in [5, 5.41) is 9.08. The fourth-order valence-electron chi connectivity index (χ4n) is 3.67. The second-order valence-corrected chi connectivity index (χ2v) is 8.53. The molecule has 0 saturated heterocycles. The number of rotatable bonds is 18. The van der Waals surface area contributed by atoms with Gasteiger partial charge in [-0.25, -0.2) is 4.89 Å². The molecule has 0 spiro atoms. The SMILES string of the molecule is CC=CC=CCCCCCCCCCCCCCC1(OC)C=CC(C(C)C(=O)O)OO1. The van der Waals surface area contributed by atoms with Gasteiger partial charge in [0.1, 0.15) is 6.10 Å². The number of carbonyl (C=O) groups is 1. The molecule has 0 saturated carbocycles. The second-order valence-electron chi connectivity index (χ2n) is 8.53. The minimum Gasteiger partial charge on any atom is -0.481 e. The highest BCUT2D eigenvalue weighted by Gasteiger charge is 2.36. The summed E-state index contributed by atoms with van der Waals surface area (Å²) in [7, 11) is 1.59. The lowest BCUT2D eigenvalue weighted by Crippen LogP contribution is -2.40. The molecule has 178 valence electrons. The first-order valence-corrected chi connectivity index (χ1v) is 12.1. The predicted molar refractivity (Wildman–Crippen MR) is 126 cm³/mol. The molecule has 0 bridgehead atoms. The van der Waals surface area contributed by atoms with Crippen LogP contribution in [-0.2, 0) is 19.3 Å². The first-order valence-electron chi connectivity index (χ1n) is 12.1. The van der Waals surface area contributed by atoms with Gasteiger partial charge in [-0.3, -0.25) is 4.79 Å². The lowest BCUT2D eigenvalue weighted by atomic mass is 10.00. The lowest BCUT2D eigenvalue weighted by molar-refractivity contribution is -0.432. The number of hydrogen-bond acceptors (Lipinski definition) is 4. The highest BCUT2D eigenvalue weighted by atomic mass is 17.2.